The van der Waals surface area contributed by atoms with Crippen LogP contribution in [0.3, 0.4) is 0 Å². The lowest BCUT2D eigenvalue weighted by Gasteiger charge is -2.07. The third-order valence-electron chi connectivity index (χ3n) is 3.61. The molecular formula is C16H20N2O2. The zero-order chi connectivity index (χ0) is 14.7. The van der Waals surface area contributed by atoms with Gasteiger partial charge in [-0.25, -0.2) is 0 Å². The molecule has 106 valence electrons. The topological polar surface area (TPSA) is 55.1 Å². The molecule has 2 aromatic rings. The molecule has 0 unspecified atom stereocenters. The average molecular weight is 272 g/mol. The zero-order valence-electron chi connectivity index (χ0n) is 12.4. The molecule has 4 nitrogen and oxygen atoms in total. The first-order chi connectivity index (χ1) is 9.49. The number of aromatic nitrogens is 1. The van der Waals surface area contributed by atoms with Crippen molar-refractivity contribution in [3.8, 4) is 0 Å². The molecule has 1 heterocycles. The van der Waals surface area contributed by atoms with E-state index in [1.165, 1.54) is 5.56 Å². The quantitative estimate of drug-likeness (QED) is 0.931. The first-order valence-corrected chi connectivity index (χ1v) is 6.76. The van der Waals surface area contributed by atoms with Gasteiger partial charge in [0.2, 0.25) is 0 Å². The highest BCUT2D eigenvalue weighted by atomic mass is 16.5. The Hall–Kier alpha value is -2.10. The van der Waals surface area contributed by atoms with E-state index in [2.05, 4.69) is 10.5 Å². The Kier molecular flexibility index (Phi) is 4.23. The summed E-state index contributed by atoms with van der Waals surface area (Å²) in [6.45, 7) is 8.43. The van der Waals surface area contributed by atoms with E-state index < -0.39 is 0 Å². The van der Waals surface area contributed by atoms with Crippen molar-refractivity contribution in [2.75, 3.05) is 6.54 Å². The molecule has 1 aromatic heterocycles. The molecule has 0 saturated heterocycles. The van der Waals surface area contributed by atoms with Gasteiger partial charge in [0.15, 0.2) is 0 Å². The summed E-state index contributed by atoms with van der Waals surface area (Å²) in [5.41, 5.74) is 4.99. The lowest BCUT2D eigenvalue weighted by molar-refractivity contribution is 0.0954. The van der Waals surface area contributed by atoms with Gasteiger partial charge in [0.25, 0.3) is 5.91 Å². The van der Waals surface area contributed by atoms with Gasteiger partial charge in [0, 0.05) is 17.7 Å². The van der Waals surface area contributed by atoms with Gasteiger partial charge in [-0.15, -0.1) is 0 Å². The first kappa shape index (κ1) is 14.3. The molecule has 0 fully saturated rings. The molecule has 0 aliphatic rings. The third-order valence-corrected chi connectivity index (χ3v) is 3.61. The second kappa shape index (κ2) is 5.90. The summed E-state index contributed by atoms with van der Waals surface area (Å²) in [5, 5.41) is 6.84. The summed E-state index contributed by atoms with van der Waals surface area (Å²) in [4.78, 5) is 12.1. The minimum atomic E-state index is -0.0418. The number of amides is 1. The fourth-order valence-electron chi connectivity index (χ4n) is 2.14. The molecule has 0 atom stereocenters. The highest BCUT2D eigenvalue weighted by Gasteiger charge is 2.10. The molecule has 0 saturated carbocycles. The fraction of sp³-hybridized carbons (Fsp3) is 0.375. The Morgan fingerprint density at radius 2 is 1.95 bits per heavy atom. The minimum Gasteiger partial charge on any atom is -0.361 e. The van der Waals surface area contributed by atoms with E-state index in [9.17, 15) is 4.79 Å². The molecule has 0 radical (unpaired) electrons. The Bertz CT molecular complexity index is 610. The number of nitrogens with one attached hydrogen (secondary N) is 1. The Morgan fingerprint density at radius 3 is 2.55 bits per heavy atom. The lowest BCUT2D eigenvalue weighted by atomic mass is 10.1. The van der Waals surface area contributed by atoms with E-state index >= 15 is 0 Å². The SMILES string of the molecule is Cc1ccc(C(=O)NCCc2c(C)noc2C)cc1C. The van der Waals surface area contributed by atoms with E-state index in [-0.39, 0.29) is 5.91 Å². The van der Waals surface area contributed by atoms with Crippen molar-refractivity contribution < 1.29 is 9.32 Å². The lowest BCUT2D eigenvalue weighted by Crippen LogP contribution is -2.26. The first-order valence-electron chi connectivity index (χ1n) is 6.76. The van der Waals surface area contributed by atoms with E-state index in [0.29, 0.717) is 12.1 Å². The van der Waals surface area contributed by atoms with Crippen molar-refractivity contribution in [2.45, 2.75) is 34.1 Å². The number of rotatable bonds is 4. The molecule has 0 spiro atoms. The number of hydrogen-bond donors (Lipinski definition) is 1. The molecule has 0 aliphatic carbocycles. The van der Waals surface area contributed by atoms with Crippen LogP contribution in [-0.2, 0) is 6.42 Å². The number of benzene rings is 1. The average Bonchev–Trinajstić information content (AvgIpc) is 2.73. The maximum atomic E-state index is 12.1. The van der Waals surface area contributed by atoms with Crippen LogP contribution in [0.1, 0.15) is 38.5 Å². The monoisotopic (exact) mass is 272 g/mol. The highest BCUT2D eigenvalue weighted by Crippen LogP contribution is 2.13. The molecular weight excluding hydrogens is 252 g/mol. The smallest absolute Gasteiger partial charge is 0.251 e. The Balaban J connectivity index is 1.94. The van der Waals surface area contributed by atoms with Crippen molar-refractivity contribution in [3.05, 3.63) is 51.9 Å². The maximum Gasteiger partial charge on any atom is 0.251 e. The second-order valence-corrected chi connectivity index (χ2v) is 5.11. The third kappa shape index (κ3) is 3.07. The van der Waals surface area contributed by atoms with Crippen molar-refractivity contribution in [2.24, 2.45) is 0 Å². The van der Waals surface area contributed by atoms with Gasteiger partial charge in [-0.05, 0) is 57.4 Å². The number of carbonyl (C=O) groups is 1. The van der Waals surface area contributed by atoms with Crippen LogP contribution in [-0.4, -0.2) is 17.6 Å². The molecule has 2 rings (SSSR count). The van der Waals surface area contributed by atoms with Gasteiger partial charge >= 0.3 is 0 Å². The predicted molar refractivity (Wildman–Crippen MR) is 77.9 cm³/mol. The van der Waals surface area contributed by atoms with Gasteiger partial charge in [0.1, 0.15) is 5.76 Å². The van der Waals surface area contributed by atoms with Crippen LogP contribution in [0.2, 0.25) is 0 Å². The Labute approximate surface area is 119 Å². The molecule has 1 aromatic carbocycles. The zero-order valence-corrected chi connectivity index (χ0v) is 12.4. The maximum absolute atomic E-state index is 12.1. The van der Waals surface area contributed by atoms with Crippen molar-refractivity contribution >= 4 is 5.91 Å². The number of aryl methyl sites for hydroxylation is 4. The summed E-state index contributed by atoms with van der Waals surface area (Å²) in [5.74, 6) is 0.780. The highest BCUT2D eigenvalue weighted by molar-refractivity contribution is 5.94. The molecule has 0 aliphatic heterocycles. The second-order valence-electron chi connectivity index (χ2n) is 5.11. The van der Waals surface area contributed by atoms with Gasteiger partial charge in [-0.2, -0.15) is 0 Å². The minimum absolute atomic E-state index is 0.0418. The van der Waals surface area contributed by atoms with Crippen LogP contribution >= 0.6 is 0 Å². The van der Waals surface area contributed by atoms with Gasteiger partial charge in [-0.1, -0.05) is 11.2 Å². The van der Waals surface area contributed by atoms with Crippen molar-refractivity contribution in [1.82, 2.24) is 10.5 Å². The number of carbonyl (C=O) groups excluding carboxylic acids is 1. The van der Waals surface area contributed by atoms with Crippen molar-refractivity contribution in [1.29, 1.82) is 0 Å². The van der Waals surface area contributed by atoms with Crippen LogP contribution in [0.15, 0.2) is 22.7 Å². The van der Waals surface area contributed by atoms with E-state index in [1.807, 2.05) is 45.9 Å². The summed E-state index contributed by atoms with van der Waals surface area (Å²) >= 11 is 0. The molecule has 0 bridgehead atoms. The summed E-state index contributed by atoms with van der Waals surface area (Å²) in [6.07, 6.45) is 0.734. The van der Waals surface area contributed by atoms with Crippen LogP contribution in [0.25, 0.3) is 0 Å². The predicted octanol–water partition coefficient (Wildman–Crippen LogP) is 2.88. The van der Waals surface area contributed by atoms with Crippen LogP contribution < -0.4 is 5.32 Å². The molecule has 1 amide bonds. The van der Waals surface area contributed by atoms with Gasteiger partial charge in [0.05, 0.1) is 5.69 Å². The molecule has 1 N–H and O–H groups in total. The molecule has 20 heavy (non-hydrogen) atoms. The van der Waals surface area contributed by atoms with Gasteiger partial charge < -0.3 is 9.84 Å². The normalized spacial score (nSPS) is 10.6. The van der Waals surface area contributed by atoms with E-state index in [1.54, 1.807) is 0 Å². The van der Waals surface area contributed by atoms with Crippen LogP contribution in [0, 0.1) is 27.7 Å². The number of nitrogens with zero attached hydrogens (tertiary/aromatic N) is 1. The van der Waals surface area contributed by atoms with E-state index in [0.717, 1.165) is 29.0 Å². The number of hydrogen-bond acceptors (Lipinski definition) is 3. The van der Waals surface area contributed by atoms with Crippen LogP contribution in [0.5, 0.6) is 0 Å². The Morgan fingerprint density at radius 1 is 1.20 bits per heavy atom. The van der Waals surface area contributed by atoms with E-state index in [4.69, 9.17) is 4.52 Å². The van der Waals surface area contributed by atoms with Gasteiger partial charge in [-0.3, -0.25) is 4.79 Å². The summed E-state index contributed by atoms with van der Waals surface area (Å²) in [6, 6.07) is 5.74. The summed E-state index contributed by atoms with van der Waals surface area (Å²) in [7, 11) is 0. The summed E-state index contributed by atoms with van der Waals surface area (Å²) < 4.78 is 5.10. The standard InChI is InChI=1S/C16H20N2O2/c1-10-5-6-14(9-11(10)2)16(19)17-8-7-15-12(3)18-20-13(15)4/h5-6,9H,7-8H2,1-4H3,(H,17,19). The molecule has 4 heteroatoms. The fourth-order valence-corrected chi connectivity index (χ4v) is 2.14. The van der Waals surface area contributed by atoms with Crippen molar-refractivity contribution in [3.63, 3.8) is 0 Å². The van der Waals surface area contributed by atoms with Crippen LogP contribution in [0.4, 0.5) is 0 Å². The largest absolute Gasteiger partial charge is 0.361 e.